The van der Waals surface area contributed by atoms with Gasteiger partial charge in [0.15, 0.2) is 0 Å². The monoisotopic (exact) mass is 328 g/mol. The van der Waals surface area contributed by atoms with Crippen molar-refractivity contribution < 1.29 is 9.59 Å². The van der Waals surface area contributed by atoms with Gasteiger partial charge < -0.3 is 10.2 Å². The molecule has 0 spiro atoms. The summed E-state index contributed by atoms with van der Waals surface area (Å²) in [5.74, 6) is 0.0620. The Morgan fingerprint density at radius 1 is 1.29 bits per heavy atom. The summed E-state index contributed by atoms with van der Waals surface area (Å²) in [5.41, 5.74) is 2.58. The van der Waals surface area contributed by atoms with Crippen LogP contribution in [0.15, 0.2) is 24.3 Å². The van der Waals surface area contributed by atoms with E-state index in [1.165, 1.54) is 24.0 Å². The molecule has 2 fully saturated rings. The molecule has 1 atom stereocenters. The maximum atomic E-state index is 12.3. The van der Waals surface area contributed by atoms with E-state index in [4.69, 9.17) is 0 Å². The lowest BCUT2D eigenvalue weighted by molar-refractivity contribution is -0.130. The molecule has 3 rings (SSSR count). The minimum Gasteiger partial charge on any atom is -0.356 e. The maximum Gasteiger partial charge on any atom is 0.225 e. The quantitative estimate of drug-likeness (QED) is 0.816. The van der Waals surface area contributed by atoms with Gasteiger partial charge in [0.25, 0.3) is 0 Å². The molecule has 1 aromatic carbocycles. The van der Waals surface area contributed by atoms with E-state index < -0.39 is 0 Å². The normalized spacial score (nSPS) is 21.5. The molecule has 2 amide bonds. The van der Waals surface area contributed by atoms with Gasteiger partial charge in [-0.1, -0.05) is 42.7 Å². The van der Waals surface area contributed by atoms with Crippen LogP contribution < -0.4 is 5.32 Å². The minimum absolute atomic E-state index is 0.0492. The zero-order valence-corrected chi connectivity index (χ0v) is 14.6. The highest BCUT2D eigenvalue weighted by atomic mass is 16.2. The molecule has 1 aliphatic carbocycles. The molecule has 4 heteroatoms. The number of carbonyl (C=O) groups excluding carboxylic acids is 2. The third-order valence-corrected chi connectivity index (χ3v) is 5.32. The molecule has 0 bridgehead atoms. The summed E-state index contributed by atoms with van der Waals surface area (Å²) in [7, 11) is 0. The van der Waals surface area contributed by atoms with Gasteiger partial charge in [0, 0.05) is 25.6 Å². The first-order valence-electron chi connectivity index (χ1n) is 9.26. The van der Waals surface area contributed by atoms with Crippen LogP contribution in [0.5, 0.6) is 0 Å². The van der Waals surface area contributed by atoms with E-state index in [2.05, 4.69) is 36.5 Å². The topological polar surface area (TPSA) is 49.4 Å². The molecule has 0 radical (unpaired) electrons. The highest BCUT2D eigenvalue weighted by molar-refractivity contribution is 5.89. The van der Waals surface area contributed by atoms with E-state index in [9.17, 15) is 9.59 Å². The lowest BCUT2D eigenvalue weighted by Crippen LogP contribution is -2.37. The fraction of sp³-hybridized carbons (Fsp3) is 0.600. The molecule has 2 aliphatic rings. The van der Waals surface area contributed by atoms with Gasteiger partial charge >= 0.3 is 0 Å². The van der Waals surface area contributed by atoms with Crippen molar-refractivity contribution in [3.63, 3.8) is 0 Å². The summed E-state index contributed by atoms with van der Waals surface area (Å²) < 4.78 is 0. The molecule has 1 saturated heterocycles. The molecule has 1 N–H and O–H groups in total. The van der Waals surface area contributed by atoms with Crippen LogP contribution in [0.3, 0.4) is 0 Å². The third kappa shape index (κ3) is 4.16. The number of aryl methyl sites for hydroxylation is 2. The van der Waals surface area contributed by atoms with E-state index in [0.29, 0.717) is 25.6 Å². The fourth-order valence-corrected chi connectivity index (χ4v) is 3.99. The standard InChI is InChI=1S/C20H28N2O2/c1-15-6-4-7-16(12-15)8-5-11-21-20(24)17-13-19(23)22(14-17)18-9-2-3-10-18/h4,6-7,12,17-18H,2-3,5,8-11,13-14H2,1H3,(H,21,24)/t17-/m1/s1. The van der Waals surface area contributed by atoms with E-state index in [0.717, 1.165) is 25.7 Å². The highest BCUT2D eigenvalue weighted by Gasteiger charge is 2.38. The summed E-state index contributed by atoms with van der Waals surface area (Å²) in [6.45, 7) is 3.40. The second-order valence-electron chi connectivity index (χ2n) is 7.27. The van der Waals surface area contributed by atoms with Crippen LogP contribution in [0.25, 0.3) is 0 Å². The number of amides is 2. The maximum absolute atomic E-state index is 12.3. The average Bonchev–Trinajstić information content (AvgIpc) is 3.20. The van der Waals surface area contributed by atoms with Gasteiger partial charge in [-0.15, -0.1) is 0 Å². The van der Waals surface area contributed by atoms with Gasteiger partial charge in [-0.05, 0) is 38.2 Å². The predicted molar refractivity (Wildman–Crippen MR) is 94.6 cm³/mol. The van der Waals surface area contributed by atoms with Crippen molar-refractivity contribution >= 4 is 11.8 Å². The number of nitrogens with one attached hydrogen (secondary N) is 1. The summed E-state index contributed by atoms with van der Waals surface area (Å²) in [5, 5.41) is 3.02. The van der Waals surface area contributed by atoms with Crippen LogP contribution in [0.4, 0.5) is 0 Å². The van der Waals surface area contributed by atoms with Crippen molar-refractivity contribution in [2.24, 2.45) is 5.92 Å². The predicted octanol–water partition coefficient (Wildman–Crippen LogP) is 2.83. The van der Waals surface area contributed by atoms with Gasteiger partial charge in [0.1, 0.15) is 0 Å². The number of benzene rings is 1. The van der Waals surface area contributed by atoms with Gasteiger partial charge in [-0.3, -0.25) is 9.59 Å². The van der Waals surface area contributed by atoms with Crippen molar-refractivity contribution in [1.82, 2.24) is 10.2 Å². The number of hydrogen-bond acceptors (Lipinski definition) is 2. The lowest BCUT2D eigenvalue weighted by atomic mass is 10.1. The Labute approximate surface area is 144 Å². The zero-order chi connectivity index (χ0) is 16.9. The molecule has 0 unspecified atom stereocenters. The van der Waals surface area contributed by atoms with Gasteiger partial charge in [0.05, 0.1) is 5.92 Å². The molecule has 24 heavy (non-hydrogen) atoms. The molecule has 1 aromatic rings. The second kappa shape index (κ2) is 7.82. The molecular weight excluding hydrogens is 300 g/mol. The highest BCUT2D eigenvalue weighted by Crippen LogP contribution is 2.29. The van der Waals surface area contributed by atoms with Crippen LogP contribution in [-0.2, 0) is 16.0 Å². The molecule has 4 nitrogen and oxygen atoms in total. The first-order valence-corrected chi connectivity index (χ1v) is 9.26. The fourth-order valence-electron chi connectivity index (χ4n) is 3.99. The Hall–Kier alpha value is -1.84. The number of carbonyl (C=O) groups is 2. The van der Waals surface area contributed by atoms with Crippen LogP contribution in [0.1, 0.15) is 49.7 Å². The van der Waals surface area contributed by atoms with Crippen molar-refractivity contribution in [3.05, 3.63) is 35.4 Å². The van der Waals surface area contributed by atoms with Crippen LogP contribution in [0, 0.1) is 12.8 Å². The van der Waals surface area contributed by atoms with E-state index >= 15 is 0 Å². The van der Waals surface area contributed by atoms with Crippen LogP contribution >= 0.6 is 0 Å². The molecule has 1 saturated carbocycles. The molecule has 0 aromatic heterocycles. The number of hydrogen-bond donors (Lipinski definition) is 1. The Morgan fingerprint density at radius 2 is 2.08 bits per heavy atom. The Kier molecular flexibility index (Phi) is 5.54. The Bertz CT molecular complexity index is 593. The van der Waals surface area contributed by atoms with E-state index in [1.807, 2.05) is 4.90 Å². The Balaban J connectivity index is 1.40. The van der Waals surface area contributed by atoms with Gasteiger partial charge in [-0.25, -0.2) is 0 Å². The van der Waals surface area contributed by atoms with Crippen molar-refractivity contribution in [1.29, 1.82) is 0 Å². The van der Waals surface area contributed by atoms with Gasteiger partial charge in [-0.2, -0.15) is 0 Å². The minimum atomic E-state index is -0.155. The van der Waals surface area contributed by atoms with E-state index in [-0.39, 0.29) is 17.7 Å². The Morgan fingerprint density at radius 3 is 2.83 bits per heavy atom. The third-order valence-electron chi connectivity index (χ3n) is 5.32. The SMILES string of the molecule is Cc1cccc(CCCNC(=O)[C@@H]2CC(=O)N(C3CCCC3)C2)c1. The first kappa shape index (κ1) is 17.0. The average molecular weight is 328 g/mol. The van der Waals surface area contributed by atoms with Gasteiger partial charge in [0.2, 0.25) is 11.8 Å². The summed E-state index contributed by atoms with van der Waals surface area (Å²) in [6, 6.07) is 8.88. The summed E-state index contributed by atoms with van der Waals surface area (Å²) in [4.78, 5) is 26.5. The summed E-state index contributed by atoms with van der Waals surface area (Å²) in [6.07, 6.45) is 6.93. The molecule has 130 valence electrons. The van der Waals surface area contributed by atoms with Crippen LogP contribution in [0.2, 0.25) is 0 Å². The lowest BCUT2D eigenvalue weighted by Gasteiger charge is -2.23. The summed E-state index contributed by atoms with van der Waals surface area (Å²) >= 11 is 0. The zero-order valence-electron chi connectivity index (χ0n) is 14.6. The van der Waals surface area contributed by atoms with E-state index in [1.54, 1.807) is 0 Å². The molecular formula is C20H28N2O2. The molecule has 1 heterocycles. The van der Waals surface area contributed by atoms with Crippen LogP contribution in [-0.4, -0.2) is 35.8 Å². The van der Waals surface area contributed by atoms with Crippen molar-refractivity contribution in [2.75, 3.05) is 13.1 Å². The van der Waals surface area contributed by atoms with Crippen molar-refractivity contribution in [2.45, 2.75) is 57.9 Å². The number of nitrogens with zero attached hydrogens (tertiary/aromatic N) is 1. The molecule has 1 aliphatic heterocycles. The smallest absolute Gasteiger partial charge is 0.225 e. The number of rotatable bonds is 6. The number of likely N-dealkylation sites (tertiary alicyclic amines) is 1. The van der Waals surface area contributed by atoms with Crippen molar-refractivity contribution in [3.8, 4) is 0 Å². The first-order chi connectivity index (χ1) is 11.6. The largest absolute Gasteiger partial charge is 0.356 e. The second-order valence-corrected chi connectivity index (χ2v) is 7.27.